The van der Waals surface area contributed by atoms with Crippen LogP contribution in [0.4, 0.5) is 5.82 Å². The first-order chi connectivity index (χ1) is 6.52. The zero-order chi connectivity index (χ0) is 10.7. The molecule has 1 rings (SSSR count). The predicted octanol–water partition coefficient (Wildman–Crippen LogP) is 1.64. The van der Waals surface area contributed by atoms with E-state index in [0.29, 0.717) is 5.82 Å². The van der Waals surface area contributed by atoms with Gasteiger partial charge in [-0.2, -0.15) is 0 Å². The molecule has 1 aromatic heterocycles. The molecule has 0 spiro atoms. The van der Waals surface area contributed by atoms with Gasteiger partial charge in [-0.3, -0.25) is 4.79 Å². The summed E-state index contributed by atoms with van der Waals surface area (Å²) < 4.78 is 1.66. The van der Waals surface area contributed by atoms with Crippen molar-refractivity contribution in [2.24, 2.45) is 0 Å². The summed E-state index contributed by atoms with van der Waals surface area (Å²) in [5, 5.41) is 3.02. The average molecular weight is 195 g/mol. The Morgan fingerprint density at radius 2 is 2.00 bits per heavy atom. The molecule has 0 atom stereocenters. The normalized spacial score (nSPS) is 11.0. The van der Waals surface area contributed by atoms with Gasteiger partial charge in [-0.05, 0) is 27.7 Å². The Labute approximate surface area is 84.0 Å². The number of rotatable bonds is 3. The highest BCUT2D eigenvalue weighted by atomic mass is 16.1. The lowest BCUT2D eigenvalue weighted by molar-refractivity contribution is 0.574. The minimum absolute atomic E-state index is 0.0591. The molecule has 78 valence electrons. The Morgan fingerprint density at radius 3 is 2.50 bits per heavy atom. The Morgan fingerprint density at radius 1 is 1.36 bits per heavy atom. The molecule has 0 aliphatic rings. The van der Waals surface area contributed by atoms with E-state index < -0.39 is 0 Å². The molecule has 14 heavy (non-hydrogen) atoms. The van der Waals surface area contributed by atoms with E-state index in [0.717, 1.165) is 0 Å². The molecule has 0 unspecified atom stereocenters. The fraction of sp³-hybridized carbons (Fsp3) is 0.600. The van der Waals surface area contributed by atoms with Gasteiger partial charge in [-0.25, -0.2) is 4.98 Å². The summed E-state index contributed by atoms with van der Waals surface area (Å²) in [5.41, 5.74) is -0.0591. The quantitative estimate of drug-likeness (QED) is 0.797. The standard InChI is InChI=1S/C10H17N3O/c1-7(2)12-9-10(14)13(8(3)4)6-5-11-9/h5-8H,1-4H3,(H,11,12). The Balaban J connectivity index is 3.08. The van der Waals surface area contributed by atoms with E-state index in [1.54, 1.807) is 17.0 Å². The van der Waals surface area contributed by atoms with Crippen molar-refractivity contribution in [1.82, 2.24) is 9.55 Å². The van der Waals surface area contributed by atoms with Crippen molar-refractivity contribution < 1.29 is 0 Å². The topological polar surface area (TPSA) is 46.9 Å². The van der Waals surface area contributed by atoms with Crippen molar-refractivity contribution in [2.45, 2.75) is 39.8 Å². The number of hydrogen-bond acceptors (Lipinski definition) is 3. The molecule has 1 aromatic rings. The number of nitrogens with zero attached hydrogens (tertiary/aromatic N) is 2. The average Bonchev–Trinajstić information content (AvgIpc) is 2.07. The van der Waals surface area contributed by atoms with Crippen LogP contribution >= 0.6 is 0 Å². The largest absolute Gasteiger partial charge is 0.363 e. The summed E-state index contributed by atoms with van der Waals surface area (Å²) in [6, 6.07) is 0.386. The maximum absolute atomic E-state index is 11.8. The molecule has 0 aliphatic heterocycles. The van der Waals surface area contributed by atoms with Crippen molar-refractivity contribution >= 4 is 5.82 Å². The zero-order valence-electron chi connectivity index (χ0n) is 9.11. The third-order valence-corrected chi connectivity index (χ3v) is 1.85. The molecular weight excluding hydrogens is 178 g/mol. The van der Waals surface area contributed by atoms with Gasteiger partial charge < -0.3 is 9.88 Å². The summed E-state index contributed by atoms with van der Waals surface area (Å²) in [6.07, 6.45) is 3.35. The van der Waals surface area contributed by atoms with Crippen LogP contribution in [0.2, 0.25) is 0 Å². The molecule has 4 nitrogen and oxygen atoms in total. The number of aromatic nitrogens is 2. The first-order valence-corrected chi connectivity index (χ1v) is 4.86. The number of hydrogen-bond donors (Lipinski definition) is 1. The fourth-order valence-corrected chi connectivity index (χ4v) is 1.20. The molecule has 0 saturated carbocycles. The summed E-state index contributed by atoms with van der Waals surface area (Å²) in [6.45, 7) is 7.91. The van der Waals surface area contributed by atoms with Gasteiger partial charge in [0.25, 0.3) is 5.56 Å². The maximum Gasteiger partial charge on any atom is 0.293 e. The highest BCUT2D eigenvalue weighted by Gasteiger charge is 2.07. The number of anilines is 1. The van der Waals surface area contributed by atoms with Crippen LogP contribution in [0.3, 0.4) is 0 Å². The lowest BCUT2D eigenvalue weighted by Gasteiger charge is -2.12. The molecule has 1 N–H and O–H groups in total. The van der Waals surface area contributed by atoms with Crippen LogP contribution in [-0.4, -0.2) is 15.6 Å². The van der Waals surface area contributed by atoms with E-state index in [1.165, 1.54) is 0 Å². The lowest BCUT2D eigenvalue weighted by Crippen LogP contribution is -2.27. The van der Waals surface area contributed by atoms with Crippen LogP contribution in [0, 0.1) is 0 Å². The third kappa shape index (κ3) is 2.34. The molecule has 0 amide bonds. The fourth-order valence-electron chi connectivity index (χ4n) is 1.20. The van der Waals surface area contributed by atoms with Crippen molar-refractivity contribution in [1.29, 1.82) is 0 Å². The second-order valence-electron chi connectivity index (χ2n) is 3.88. The summed E-state index contributed by atoms with van der Waals surface area (Å²) >= 11 is 0. The monoisotopic (exact) mass is 195 g/mol. The van der Waals surface area contributed by atoms with E-state index in [4.69, 9.17) is 0 Å². The molecule has 0 saturated heterocycles. The second-order valence-corrected chi connectivity index (χ2v) is 3.88. The molecule has 4 heteroatoms. The Hall–Kier alpha value is -1.32. The van der Waals surface area contributed by atoms with E-state index >= 15 is 0 Å². The highest BCUT2D eigenvalue weighted by Crippen LogP contribution is 2.02. The van der Waals surface area contributed by atoms with Crippen molar-refractivity contribution in [2.75, 3.05) is 5.32 Å². The minimum Gasteiger partial charge on any atom is -0.363 e. The van der Waals surface area contributed by atoms with Gasteiger partial charge in [-0.1, -0.05) is 0 Å². The van der Waals surface area contributed by atoms with Gasteiger partial charge in [0.15, 0.2) is 5.82 Å². The maximum atomic E-state index is 11.8. The highest BCUT2D eigenvalue weighted by molar-refractivity contribution is 5.31. The molecule has 1 heterocycles. The van der Waals surface area contributed by atoms with Crippen LogP contribution < -0.4 is 10.9 Å². The van der Waals surface area contributed by atoms with Crippen LogP contribution in [0.5, 0.6) is 0 Å². The van der Waals surface area contributed by atoms with Gasteiger partial charge in [0, 0.05) is 24.5 Å². The summed E-state index contributed by atoms with van der Waals surface area (Å²) in [5.74, 6) is 0.427. The van der Waals surface area contributed by atoms with Crippen LogP contribution in [0.25, 0.3) is 0 Å². The number of nitrogens with one attached hydrogen (secondary N) is 1. The minimum atomic E-state index is -0.0591. The van der Waals surface area contributed by atoms with E-state index in [-0.39, 0.29) is 17.6 Å². The van der Waals surface area contributed by atoms with Crippen LogP contribution in [0.1, 0.15) is 33.7 Å². The van der Waals surface area contributed by atoms with Gasteiger partial charge in [0.05, 0.1) is 0 Å². The molecule has 0 aromatic carbocycles. The van der Waals surface area contributed by atoms with Crippen LogP contribution in [0.15, 0.2) is 17.2 Å². The van der Waals surface area contributed by atoms with Gasteiger partial charge in [-0.15, -0.1) is 0 Å². The smallest absolute Gasteiger partial charge is 0.293 e. The second kappa shape index (κ2) is 4.26. The summed E-state index contributed by atoms with van der Waals surface area (Å²) in [7, 11) is 0. The van der Waals surface area contributed by atoms with E-state index in [2.05, 4.69) is 10.3 Å². The van der Waals surface area contributed by atoms with Gasteiger partial charge >= 0.3 is 0 Å². The molecule has 0 bridgehead atoms. The van der Waals surface area contributed by atoms with E-state index in [1.807, 2.05) is 27.7 Å². The molecular formula is C10H17N3O. The lowest BCUT2D eigenvalue weighted by atomic mass is 10.3. The summed E-state index contributed by atoms with van der Waals surface area (Å²) in [4.78, 5) is 15.8. The van der Waals surface area contributed by atoms with Crippen molar-refractivity contribution in [3.63, 3.8) is 0 Å². The zero-order valence-corrected chi connectivity index (χ0v) is 9.11. The molecule has 0 fully saturated rings. The van der Waals surface area contributed by atoms with Gasteiger partial charge in [0.1, 0.15) is 0 Å². The first-order valence-electron chi connectivity index (χ1n) is 4.86. The van der Waals surface area contributed by atoms with Gasteiger partial charge in [0.2, 0.25) is 0 Å². The third-order valence-electron chi connectivity index (χ3n) is 1.85. The van der Waals surface area contributed by atoms with E-state index in [9.17, 15) is 4.79 Å². The Bertz CT molecular complexity index is 355. The molecule has 0 radical (unpaired) electrons. The van der Waals surface area contributed by atoms with Crippen molar-refractivity contribution in [3.05, 3.63) is 22.7 Å². The van der Waals surface area contributed by atoms with Crippen LogP contribution in [-0.2, 0) is 0 Å². The Kier molecular flexibility index (Phi) is 3.28. The first kappa shape index (κ1) is 10.8. The van der Waals surface area contributed by atoms with Crippen molar-refractivity contribution in [3.8, 4) is 0 Å². The SMILES string of the molecule is CC(C)Nc1nccn(C(C)C)c1=O. The predicted molar refractivity (Wildman–Crippen MR) is 57.6 cm³/mol. The molecule has 0 aliphatic carbocycles.